The van der Waals surface area contributed by atoms with Crippen molar-refractivity contribution in [3.8, 4) is 0 Å². The highest BCUT2D eigenvalue weighted by molar-refractivity contribution is 5.81. The molecule has 0 aliphatic carbocycles. The highest BCUT2D eigenvalue weighted by atomic mass is 16.2. The summed E-state index contributed by atoms with van der Waals surface area (Å²) in [6.07, 6.45) is 1.51. The van der Waals surface area contributed by atoms with Crippen molar-refractivity contribution in [3.63, 3.8) is 0 Å². The number of hydrogen-bond acceptors (Lipinski definition) is 6. The Balaban J connectivity index is 4.52. The fourth-order valence-electron chi connectivity index (χ4n) is 1.86. The van der Waals surface area contributed by atoms with Crippen molar-refractivity contribution in [2.75, 3.05) is 45.8 Å². The van der Waals surface area contributed by atoms with E-state index in [1.807, 2.05) is 4.90 Å². The van der Waals surface area contributed by atoms with Gasteiger partial charge in [-0.15, -0.1) is 0 Å². The lowest BCUT2D eigenvalue weighted by atomic mass is 10.1. The van der Waals surface area contributed by atoms with Crippen molar-refractivity contribution in [1.82, 2.24) is 10.2 Å². The van der Waals surface area contributed by atoms with Crippen molar-refractivity contribution < 1.29 is 4.79 Å². The lowest BCUT2D eigenvalue weighted by Gasteiger charge is -2.30. The lowest BCUT2D eigenvalue weighted by Crippen LogP contribution is -2.51. The van der Waals surface area contributed by atoms with Gasteiger partial charge in [0.1, 0.15) is 0 Å². The Morgan fingerprint density at radius 2 is 1.61 bits per heavy atom. The van der Waals surface area contributed by atoms with Crippen LogP contribution in [0.25, 0.3) is 0 Å². The van der Waals surface area contributed by atoms with Crippen LogP contribution in [0.4, 0.5) is 0 Å². The molecule has 0 saturated carbocycles. The molecule has 0 aromatic heterocycles. The Kier molecular flexibility index (Phi) is 10.9. The smallest absolute Gasteiger partial charge is 0.237 e. The van der Waals surface area contributed by atoms with Gasteiger partial charge in [0.05, 0.1) is 6.04 Å². The summed E-state index contributed by atoms with van der Waals surface area (Å²) in [6, 6.07) is -0.216. The van der Waals surface area contributed by atoms with Crippen LogP contribution in [0.2, 0.25) is 0 Å². The number of carbonyl (C=O) groups is 1. The molecule has 1 amide bonds. The highest BCUT2D eigenvalue weighted by Crippen LogP contribution is 2.06. The summed E-state index contributed by atoms with van der Waals surface area (Å²) in [4.78, 5) is 14.1. The summed E-state index contributed by atoms with van der Waals surface area (Å²) in [5.74, 6) is -0.0178. The summed E-state index contributed by atoms with van der Waals surface area (Å²) in [6.45, 7) is 3.80. The number of rotatable bonds is 11. The molecule has 18 heavy (non-hydrogen) atoms. The molecule has 0 rings (SSSR count). The maximum Gasteiger partial charge on any atom is 0.237 e. The molecule has 0 saturated heterocycles. The minimum Gasteiger partial charge on any atom is -0.353 e. The Morgan fingerprint density at radius 1 is 1.00 bits per heavy atom. The van der Waals surface area contributed by atoms with E-state index in [0.717, 1.165) is 6.42 Å². The summed E-state index contributed by atoms with van der Waals surface area (Å²) in [5, 5.41) is 2.81. The Hall–Kier alpha value is -0.730. The molecule has 0 aromatic carbocycles. The van der Waals surface area contributed by atoms with E-state index in [1.54, 1.807) is 0 Å². The fourth-order valence-corrected chi connectivity index (χ4v) is 1.86. The van der Waals surface area contributed by atoms with Gasteiger partial charge in [0.2, 0.25) is 5.91 Å². The third-order valence-corrected chi connectivity index (χ3v) is 2.70. The van der Waals surface area contributed by atoms with Crippen LogP contribution in [0.5, 0.6) is 0 Å². The first-order valence-corrected chi connectivity index (χ1v) is 6.53. The van der Waals surface area contributed by atoms with E-state index in [-0.39, 0.29) is 11.9 Å². The predicted molar refractivity (Wildman–Crippen MR) is 73.8 cm³/mol. The maximum atomic E-state index is 12.1. The Morgan fingerprint density at radius 3 is 2.06 bits per heavy atom. The zero-order valence-electron chi connectivity index (χ0n) is 11.1. The van der Waals surface area contributed by atoms with Gasteiger partial charge in [0.15, 0.2) is 0 Å². The molecule has 7 heteroatoms. The van der Waals surface area contributed by atoms with Crippen molar-refractivity contribution >= 4 is 5.91 Å². The molecule has 0 spiro atoms. The first-order chi connectivity index (χ1) is 8.71. The lowest BCUT2D eigenvalue weighted by molar-refractivity contribution is -0.126. The second kappa shape index (κ2) is 11.4. The van der Waals surface area contributed by atoms with E-state index in [0.29, 0.717) is 52.2 Å². The standard InChI is InChI=1S/C11H28N6O/c12-3-1-2-10(11(18)16-7-4-13)17(8-5-14)9-6-15/h10H,1-9,12-15H2,(H,16,18)/t10-/m0/s1. The van der Waals surface area contributed by atoms with Gasteiger partial charge in [-0.2, -0.15) is 0 Å². The Labute approximate surface area is 109 Å². The minimum absolute atomic E-state index is 0.0178. The fraction of sp³-hybridized carbons (Fsp3) is 0.909. The van der Waals surface area contributed by atoms with E-state index in [9.17, 15) is 4.79 Å². The van der Waals surface area contributed by atoms with Crippen LogP contribution in [0.3, 0.4) is 0 Å². The van der Waals surface area contributed by atoms with Crippen LogP contribution in [0.1, 0.15) is 12.8 Å². The predicted octanol–water partition coefficient (Wildman–Crippen LogP) is -2.61. The number of nitrogens with one attached hydrogen (secondary N) is 1. The number of nitrogens with two attached hydrogens (primary N) is 4. The first-order valence-electron chi connectivity index (χ1n) is 6.53. The maximum absolute atomic E-state index is 12.1. The summed E-state index contributed by atoms with van der Waals surface area (Å²) < 4.78 is 0. The molecule has 0 radical (unpaired) electrons. The van der Waals surface area contributed by atoms with Crippen LogP contribution in [0.15, 0.2) is 0 Å². The summed E-state index contributed by atoms with van der Waals surface area (Å²) >= 11 is 0. The number of hydrogen-bond donors (Lipinski definition) is 5. The van der Waals surface area contributed by atoms with Crippen molar-refractivity contribution in [2.45, 2.75) is 18.9 Å². The molecule has 9 N–H and O–H groups in total. The molecule has 0 bridgehead atoms. The topological polar surface area (TPSA) is 136 Å². The van der Waals surface area contributed by atoms with E-state index >= 15 is 0 Å². The minimum atomic E-state index is -0.216. The van der Waals surface area contributed by atoms with Crippen LogP contribution in [-0.4, -0.2) is 62.7 Å². The van der Waals surface area contributed by atoms with Gasteiger partial charge in [-0.05, 0) is 19.4 Å². The monoisotopic (exact) mass is 260 g/mol. The average molecular weight is 260 g/mol. The average Bonchev–Trinajstić information content (AvgIpc) is 2.37. The molecule has 1 atom stereocenters. The van der Waals surface area contributed by atoms with Crippen molar-refractivity contribution in [2.24, 2.45) is 22.9 Å². The second-order valence-electron chi connectivity index (χ2n) is 4.14. The van der Waals surface area contributed by atoms with Gasteiger partial charge in [-0.3, -0.25) is 9.69 Å². The van der Waals surface area contributed by atoms with Crippen LogP contribution >= 0.6 is 0 Å². The highest BCUT2D eigenvalue weighted by Gasteiger charge is 2.23. The number of amides is 1. The third-order valence-electron chi connectivity index (χ3n) is 2.70. The molecule has 7 nitrogen and oxygen atoms in total. The van der Waals surface area contributed by atoms with Gasteiger partial charge >= 0.3 is 0 Å². The van der Waals surface area contributed by atoms with Gasteiger partial charge in [0, 0.05) is 39.3 Å². The van der Waals surface area contributed by atoms with Gasteiger partial charge in [-0.1, -0.05) is 0 Å². The van der Waals surface area contributed by atoms with Crippen LogP contribution in [0, 0.1) is 0 Å². The zero-order valence-corrected chi connectivity index (χ0v) is 11.1. The van der Waals surface area contributed by atoms with Gasteiger partial charge in [0.25, 0.3) is 0 Å². The second-order valence-corrected chi connectivity index (χ2v) is 4.14. The van der Waals surface area contributed by atoms with Crippen molar-refractivity contribution in [1.29, 1.82) is 0 Å². The Bertz CT molecular complexity index is 208. The number of nitrogens with zero attached hydrogens (tertiary/aromatic N) is 1. The van der Waals surface area contributed by atoms with Crippen molar-refractivity contribution in [3.05, 3.63) is 0 Å². The molecule has 0 aromatic rings. The molecule has 0 unspecified atom stereocenters. The quantitative estimate of drug-likeness (QED) is 0.276. The molecule has 108 valence electrons. The SMILES string of the molecule is NCCC[C@@H](C(=O)NCCN)N(CCN)CCN. The van der Waals surface area contributed by atoms with Crippen LogP contribution in [-0.2, 0) is 4.79 Å². The largest absolute Gasteiger partial charge is 0.353 e. The molecule has 0 fully saturated rings. The first kappa shape index (κ1) is 17.3. The summed E-state index contributed by atoms with van der Waals surface area (Å²) in [7, 11) is 0. The van der Waals surface area contributed by atoms with Crippen LogP contribution < -0.4 is 28.3 Å². The van der Waals surface area contributed by atoms with Gasteiger partial charge < -0.3 is 28.3 Å². The van der Waals surface area contributed by atoms with E-state index < -0.39 is 0 Å². The molecular formula is C11H28N6O. The normalized spacial score (nSPS) is 12.7. The molecule has 0 aliphatic heterocycles. The zero-order chi connectivity index (χ0) is 13.8. The summed E-state index contributed by atoms with van der Waals surface area (Å²) in [5.41, 5.74) is 22.0. The van der Waals surface area contributed by atoms with E-state index in [4.69, 9.17) is 22.9 Å². The van der Waals surface area contributed by atoms with E-state index in [2.05, 4.69) is 5.32 Å². The third kappa shape index (κ3) is 6.87. The van der Waals surface area contributed by atoms with Gasteiger partial charge in [-0.25, -0.2) is 0 Å². The van der Waals surface area contributed by atoms with E-state index in [1.165, 1.54) is 0 Å². The molecular weight excluding hydrogens is 232 g/mol. The molecule has 0 heterocycles. The number of carbonyl (C=O) groups excluding carboxylic acids is 1. The molecule has 0 aliphatic rings.